The molecule has 2 aromatic rings. The van der Waals surface area contributed by atoms with E-state index in [9.17, 15) is 14.4 Å². The van der Waals surface area contributed by atoms with Crippen molar-refractivity contribution in [1.82, 2.24) is 29.9 Å². The number of nitrogens with one attached hydrogen (secondary N) is 1. The molecule has 0 bridgehead atoms. The Labute approximate surface area is 218 Å². The molecule has 1 atom stereocenters. The van der Waals surface area contributed by atoms with Crippen LogP contribution < -0.4 is 10.2 Å². The number of pyridine rings is 1. The molecule has 1 saturated carbocycles. The summed E-state index contributed by atoms with van der Waals surface area (Å²) < 4.78 is 1.57. The maximum atomic E-state index is 13.6. The van der Waals surface area contributed by atoms with Crippen LogP contribution in [0.5, 0.6) is 0 Å². The number of fused-ring (bicyclic) bond motifs is 1. The van der Waals surface area contributed by atoms with Gasteiger partial charge < -0.3 is 20.0 Å². The Kier molecular flexibility index (Phi) is 7.17. The third-order valence-corrected chi connectivity index (χ3v) is 7.97. The van der Waals surface area contributed by atoms with E-state index in [0.29, 0.717) is 38.4 Å². The van der Waals surface area contributed by atoms with Crippen molar-refractivity contribution in [3.63, 3.8) is 0 Å². The van der Waals surface area contributed by atoms with Gasteiger partial charge in [0.15, 0.2) is 5.69 Å². The molecule has 5 rings (SSSR count). The molecule has 0 spiro atoms. The van der Waals surface area contributed by atoms with Crippen LogP contribution in [-0.2, 0) is 11.3 Å². The second-order valence-electron chi connectivity index (χ2n) is 10.6. The summed E-state index contributed by atoms with van der Waals surface area (Å²) in [4.78, 5) is 50.5. The summed E-state index contributed by atoms with van der Waals surface area (Å²) in [6.07, 6.45) is 7.67. The van der Waals surface area contributed by atoms with E-state index < -0.39 is 5.54 Å². The number of hydrogen-bond donors (Lipinski definition) is 1. The third-order valence-electron chi connectivity index (χ3n) is 7.97. The predicted octanol–water partition coefficient (Wildman–Crippen LogP) is 2.31. The lowest BCUT2D eigenvalue weighted by molar-refractivity contribution is -0.133. The van der Waals surface area contributed by atoms with Gasteiger partial charge in [-0.3, -0.25) is 19.1 Å². The molecule has 1 saturated heterocycles. The first kappa shape index (κ1) is 25.2. The lowest BCUT2D eigenvalue weighted by Gasteiger charge is -2.43. The quantitative estimate of drug-likeness (QED) is 0.617. The average Bonchev–Trinajstić information content (AvgIpc) is 3.59. The molecule has 3 aliphatic rings. The van der Waals surface area contributed by atoms with Gasteiger partial charge in [0.2, 0.25) is 5.91 Å². The highest BCUT2D eigenvalue weighted by Crippen LogP contribution is 2.29. The van der Waals surface area contributed by atoms with Gasteiger partial charge in [0.25, 0.3) is 11.8 Å². The fraction of sp³-hybridized carbons (Fsp3) is 0.593. The maximum absolute atomic E-state index is 13.6. The summed E-state index contributed by atoms with van der Waals surface area (Å²) >= 11 is 0. The van der Waals surface area contributed by atoms with E-state index in [1.54, 1.807) is 26.7 Å². The number of unbranched alkanes of at least 4 members (excludes halogenated alkanes) is 1. The molecule has 1 N–H and O–H groups in total. The normalized spacial score (nSPS) is 22.3. The van der Waals surface area contributed by atoms with E-state index in [-0.39, 0.29) is 36.0 Å². The first-order chi connectivity index (χ1) is 17.9. The van der Waals surface area contributed by atoms with Gasteiger partial charge in [0, 0.05) is 51.0 Å². The Morgan fingerprint density at radius 3 is 2.57 bits per heavy atom. The minimum Gasteiger partial charge on any atom is -0.353 e. The molecule has 198 valence electrons. The molecular weight excluding hydrogens is 470 g/mol. The predicted molar refractivity (Wildman–Crippen MR) is 139 cm³/mol. The molecule has 2 aromatic heterocycles. The van der Waals surface area contributed by atoms with Crippen molar-refractivity contribution in [3.05, 3.63) is 41.9 Å². The molecule has 0 radical (unpaired) electrons. The monoisotopic (exact) mass is 507 g/mol. The van der Waals surface area contributed by atoms with Crippen LogP contribution in [-0.4, -0.2) is 86.6 Å². The van der Waals surface area contributed by atoms with Crippen LogP contribution >= 0.6 is 0 Å². The average molecular weight is 508 g/mol. The molecule has 2 fully saturated rings. The van der Waals surface area contributed by atoms with Gasteiger partial charge in [0.1, 0.15) is 17.1 Å². The summed E-state index contributed by atoms with van der Waals surface area (Å²) in [5, 5.41) is 7.74. The zero-order valence-corrected chi connectivity index (χ0v) is 21.9. The highest BCUT2D eigenvalue weighted by molar-refractivity contribution is 6.02. The van der Waals surface area contributed by atoms with E-state index >= 15 is 0 Å². The van der Waals surface area contributed by atoms with Crippen LogP contribution in [0.4, 0.5) is 5.82 Å². The van der Waals surface area contributed by atoms with Crippen LogP contribution in [0.15, 0.2) is 30.5 Å². The fourth-order valence-corrected chi connectivity index (χ4v) is 5.66. The summed E-state index contributed by atoms with van der Waals surface area (Å²) in [5.74, 6) is 0.339. The number of anilines is 1. The number of aromatic nitrogens is 3. The van der Waals surface area contributed by atoms with Crippen LogP contribution in [0.2, 0.25) is 0 Å². The van der Waals surface area contributed by atoms with E-state index in [4.69, 9.17) is 0 Å². The van der Waals surface area contributed by atoms with E-state index in [1.165, 1.54) is 0 Å². The number of amides is 3. The number of hydrogen-bond acceptors (Lipinski definition) is 6. The molecule has 2 aliphatic heterocycles. The molecule has 0 unspecified atom stereocenters. The summed E-state index contributed by atoms with van der Waals surface area (Å²) in [6.45, 7) is 7.09. The van der Waals surface area contributed by atoms with Crippen LogP contribution in [0.25, 0.3) is 0 Å². The Balaban J connectivity index is 1.33. The molecule has 3 amide bonds. The number of carbonyl (C=O) groups excluding carboxylic acids is 3. The minimum absolute atomic E-state index is 0.136. The van der Waals surface area contributed by atoms with Crippen LogP contribution in [0, 0.1) is 0 Å². The Bertz CT molecular complexity index is 1140. The maximum Gasteiger partial charge on any atom is 0.274 e. The lowest BCUT2D eigenvalue weighted by atomic mass is 9.94. The third kappa shape index (κ3) is 4.93. The lowest BCUT2D eigenvalue weighted by Crippen LogP contribution is -2.65. The van der Waals surface area contributed by atoms with E-state index in [1.807, 2.05) is 25.1 Å². The van der Waals surface area contributed by atoms with Gasteiger partial charge in [0.05, 0.1) is 6.54 Å². The van der Waals surface area contributed by atoms with Crippen molar-refractivity contribution >= 4 is 23.5 Å². The first-order valence-corrected chi connectivity index (χ1v) is 13.6. The van der Waals surface area contributed by atoms with E-state index in [2.05, 4.69) is 27.2 Å². The number of carbonyl (C=O) groups is 3. The minimum atomic E-state index is -1.05. The second kappa shape index (κ2) is 10.5. The summed E-state index contributed by atoms with van der Waals surface area (Å²) in [7, 11) is 0. The molecule has 10 nitrogen and oxygen atoms in total. The van der Waals surface area contributed by atoms with Gasteiger partial charge in [-0.2, -0.15) is 5.10 Å². The topological polar surface area (TPSA) is 104 Å². The van der Waals surface area contributed by atoms with Crippen molar-refractivity contribution in [2.75, 3.05) is 37.6 Å². The van der Waals surface area contributed by atoms with Gasteiger partial charge in [-0.15, -0.1) is 0 Å². The van der Waals surface area contributed by atoms with Gasteiger partial charge >= 0.3 is 0 Å². The van der Waals surface area contributed by atoms with Gasteiger partial charge in [-0.1, -0.05) is 32.3 Å². The zero-order valence-electron chi connectivity index (χ0n) is 21.9. The van der Waals surface area contributed by atoms with Gasteiger partial charge in [-0.05, 0) is 38.3 Å². The molecule has 4 heterocycles. The smallest absolute Gasteiger partial charge is 0.274 e. The van der Waals surface area contributed by atoms with Crippen LogP contribution in [0.1, 0.15) is 73.3 Å². The summed E-state index contributed by atoms with van der Waals surface area (Å²) in [5.41, 5.74) is -0.425. The highest BCUT2D eigenvalue weighted by Gasteiger charge is 2.48. The number of rotatable bonds is 7. The largest absolute Gasteiger partial charge is 0.353 e. The molecular formula is C27H37N7O3. The molecule has 0 aromatic carbocycles. The van der Waals surface area contributed by atoms with Crippen molar-refractivity contribution in [3.8, 4) is 0 Å². The SMILES string of the molecule is CCCCN1C(=O)c2cc(C(=O)N3CCN(c4ccccn4)CC3)nn2C[C@@]1(C)C(=O)NC1CCCC1. The second-order valence-corrected chi connectivity index (χ2v) is 10.6. The number of piperazine rings is 1. The Morgan fingerprint density at radius 2 is 1.89 bits per heavy atom. The Morgan fingerprint density at radius 1 is 1.14 bits per heavy atom. The zero-order chi connectivity index (χ0) is 26.0. The Hall–Kier alpha value is -3.43. The molecule has 10 heteroatoms. The number of nitrogens with zero attached hydrogens (tertiary/aromatic N) is 6. The first-order valence-electron chi connectivity index (χ1n) is 13.6. The molecule has 1 aliphatic carbocycles. The summed E-state index contributed by atoms with van der Waals surface area (Å²) in [6, 6.07) is 7.57. The molecule has 37 heavy (non-hydrogen) atoms. The fourth-order valence-electron chi connectivity index (χ4n) is 5.66. The highest BCUT2D eigenvalue weighted by atomic mass is 16.2. The van der Waals surface area contributed by atoms with Crippen molar-refractivity contribution < 1.29 is 14.4 Å². The van der Waals surface area contributed by atoms with Crippen molar-refractivity contribution in [1.29, 1.82) is 0 Å². The van der Waals surface area contributed by atoms with Crippen molar-refractivity contribution in [2.24, 2.45) is 0 Å². The van der Waals surface area contributed by atoms with Gasteiger partial charge in [-0.25, -0.2) is 4.98 Å². The van der Waals surface area contributed by atoms with Crippen molar-refractivity contribution in [2.45, 2.75) is 70.5 Å². The standard InChI is InChI=1S/C27H37N7O3/c1-3-4-13-33-25(36)22-18-21(24(35)32-16-14-31(15-17-32)23-11-7-8-12-28-23)30-34(22)19-27(33,2)26(37)29-20-9-5-6-10-20/h7-8,11-12,18,20H,3-6,9-10,13-17,19H2,1-2H3,(H,29,37)/t27-/m0/s1. The van der Waals surface area contributed by atoms with E-state index in [0.717, 1.165) is 44.3 Å². The van der Waals surface area contributed by atoms with Crippen LogP contribution in [0.3, 0.4) is 0 Å².